The van der Waals surface area contributed by atoms with Gasteiger partial charge in [0.25, 0.3) is 0 Å². The number of carbonyl (C=O) groups excluding carboxylic acids is 3. The lowest BCUT2D eigenvalue weighted by Gasteiger charge is -2.53. The summed E-state index contributed by atoms with van der Waals surface area (Å²) in [5.74, 6) is -8.26. The Morgan fingerprint density at radius 1 is 1.11 bits per heavy atom. The summed E-state index contributed by atoms with van der Waals surface area (Å²) >= 11 is 0. The third-order valence-corrected chi connectivity index (χ3v) is 8.13. The first-order valence-corrected chi connectivity index (χ1v) is 11.9. The number of ketones is 2. The third-order valence-electron chi connectivity index (χ3n) is 8.13. The molecule has 1 fully saturated rings. The Morgan fingerprint density at radius 3 is 2.35 bits per heavy atom. The second-order valence-corrected chi connectivity index (χ2v) is 10.3. The van der Waals surface area contributed by atoms with Gasteiger partial charge >= 0.3 is 0 Å². The number of fused-ring (bicyclic) bond motifs is 3. The summed E-state index contributed by atoms with van der Waals surface area (Å²) < 4.78 is 13.5. The smallest absolute Gasteiger partial charge is 0.230 e. The van der Waals surface area contributed by atoms with Crippen molar-refractivity contribution in [3.63, 3.8) is 0 Å². The number of aromatic hydroxyl groups is 1. The largest absolute Gasteiger partial charge is 0.508 e. The van der Waals surface area contributed by atoms with E-state index in [1.807, 2.05) is 0 Å². The van der Waals surface area contributed by atoms with Crippen molar-refractivity contribution in [2.24, 2.45) is 23.5 Å². The van der Waals surface area contributed by atoms with Crippen molar-refractivity contribution < 1.29 is 39.2 Å². The lowest BCUT2D eigenvalue weighted by molar-refractivity contribution is -0.178. The predicted molar refractivity (Wildman–Crippen MR) is 129 cm³/mol. The van der Waals surface area contributed by atoms with Crippen LogP contribution in [0, 0.1) is 23.6 Å². The molecule has 0 spiro atoms. The van der Waals surface area contributed by atoms with Crippen molar-refractivity contribution in [3.8, 4) is 16.9 Å². The average molecular weight is 511 g/mol. The number of benzene rings is 2. The molecule has 0 aliphatic heterocycles. The quantitative estimate of drug-likeness (QED) is 0.384. The number of phenols is 1. The van der Waals surface area contributed by atoms with Crippen LogP contribution in [-0.2, 0) is 16.0 Å². The number of phenolic OH excluding ortho intramolecular Hbond substituents is 1. The fourth-order valence-corrected chi connectivity index (χ4v) is 6.51. The van der Waals surface area contributed by atoms with Gasteiger partial charge in [0.1, 0.15) is 23.2 Å². The molecule has 0 aromatic heterocycles. The van der Waals surface area contributed by atoms with Crippen molar-refractivity contribution in [2.75, 3.05) is 14.1 Å². The second kappa shape index (κ2) is 8.47. The molecular formula is C27H27FN2O7. The number of hydrogen-bond donors (Lipinski definition) is 5. The number of nitrogens with zero attached hydrogens (tertiary/aromatic N) is 1. The highest BCUT2D eigenvalue weighted by molar-refractivity contribution is 6.16. The van der Waals surface area contributed by atoms with E-state index in [9.17, 15) is 39.2 Å². The number of carbonyl (C=O) groups is 3. The molecule has 2 aromatic rings. The lowest BCUT2D eigenvalue weighted by atomic mass is 9.55. The molecule has 0 heterocycles. The van der Waals surface area contributed by atoms with Crippen LogP contribution in [0.1, 0.15) is 22.3 Å². The van der Waals surface area contributed by atoms with E-state index in [0.29, 0.717) is 16.7 Å². The van der Waals surface area contributed by atoms with Gasteiger partial charge in [-0.2, -0.15) is 0 Å². The highest BCUT2D eigenvalue weighted by Gasteiger charge is 2.66. The van der Waals surface area contributed by atoms with Crippen LogP contribution in [-0.4, -0.2) is 74.6 Å². The van der Waals surface area contributed by atoms with E-state index in [-0.39, 0.29) is 29.7 Å². The van der Waals surface area contributed by atoms with Crippen LogP contribution >= 0.6 is 0 Å². The highest BCUT2D eigenvalue weighted by atomic mass is 19.1. The van der Waals surface area contributed by atoms with Gasteiger partial charge < -0.3 is 31.1 Å². The van der Waals surface area contributed by atoms with Gasteiger partial charge in [0.15, 0.2) is 17.2 Å². The van der Waals surface area contributed by atoms with Crippen LogP contribution in [0.4, 0.5) is 4.39 Å². The van der Waals surface area contributed by atoms with Gasteiger partial charge in [0, 0.05) is 17.5 Å². The van der Waals surface area contributed by atoms with Gasteiger partial charge in [0.05, 0.1) is 11.7 Å². The fourth-order valence-electron chi connectivity index (χ4n) is 6.51. The first-order valence-electron chi connectivity index (χ1n) is 11.9. The first kappa shape index (κ1) is 25.1. The lowest BCUT2D eigenvalue weighted by Crippen LogP contribution is -2.71. The molecule has 3 aliphatic carbocycles. The van der Waals surface area contributed by atoms with Crippen LogP contribution in [0.15, 0.2) is 47.7 Å². The summed E-state index contributed by atoms with van der Waals surface area (Å²) in [5, 5.41) is 44.5. The average Bonchev–Trinajstić information content (AvgIpc) is 2.82. The van der Waals surface area contributed by atoms with E-state index >= 15 is 0 Å². The summed E-state index contributed by atoms with van der Waals surface area (Å²) in [4.78, 5) is 40.7. The van der Waals surface area contributed by atoms with Gasteiger partial charge in [-0.05, 0) is 67.7 Å². The topological polar surface area (TPSA) is 161 Å². The summed E-state index contributed by atoms with van der Waals surface area (Å²) in [5.41, 5.74) is 4.16. The number of Topliss-reactive ketones (excluding diaryl/α,β-unsaturated/α-hetero) is 2. The normalized spacial score (nSPS) is 31.1. The molecule has 1 saturated carbocycles. The third kappa shape index (κ3) is 3.43. The minimum Gasteiger partial charge on any atom is -0.508 e. The molecule has 0 radical (unpaired) electrons. The molecule has 9 nitrogen and oxygen atoms in total. The van der Waals surface area contributed by atoms with Crippen LogP contribution in [0.5, 0.6) is 5.75 Å². The number of hydrogen-bond acceptors (Lipinski definition) is 8. The fraction of sp³-hybridized carbons (Fsp3) is 0.370. The number of allylic oxidation sites excluding steroid dienone is 1. The maximum atomic E-state index is 13.7. The minimum absolute atomic E-state index is 0.0245. The Kier molecular flexibility index (Phi) is 5.74. The SMILES string of the molecule is CN(C)[C@@H]1C(O)C(C(N)=O)C(=O)[C@@]2(O)C(O)=C3C(=O)c4c(O)ccc(-c5ccc(F)cc5)c4C[C@H]3C[C@@H]12. The van der Waals surface area contributed by atoms with Crippen molar-refractivity contribution >= 4 is 17.5 Å². The van der Waals surface area contributed by atoms with Crippen molar-refractivity contribution in [3.05, 3.63) is 64.7 Å². The maximum Gasteiger partial charge on any atom is 0.230 e. The summed E-state index contributed by atoms with van der Waals surface area (Å²) in [6, 6.07) is 7.67. The molecule has 2 aromatic carbocycles. The van der Waals surface area contributed by atoms with Gasteiger partial charge in [-0.15, -0.1) is 0 Å². The number of rotatable bonds is 3. The zero-order chi connectivity index (χ0) is 27.0. The number of primary amides is 1. The molecule has 6 atom stereocenters. The predicted octanol–water partition coefficient (Wildman–Crippen LogP) is 1.09. The van der Waals surface area contributed by atoms with Crippen LogP contribution in [0.2, 0.25) is 0 Å². The number of nitrogens with two attached hydrogens (primary N) is 1. The van der Waals surface area contributed by atoms with Gasteiger partial charge in [-0.25, -0.2) is 4.39 Å². The maximum absolute atomic E-state index is 13.7. The number of amides is 1. The molecule has 2 unspecified atom stereocenters. The van der Waals surface area contributed by atoms with E-state index in [0.717, 1.165) is 0 Å². The Balaban J connectivity index is 1.71. The summed E-state index contributed by atoms with van der Waals surface area (Å²) in [6.45, 7) is 0. The highest BCUT2D eigenvalue weighted by Crippen LogP contribution is 2.53. The summed E-state index contributed by atoms with van der Waals surface area (Å²) in [6.07, 6.45) is -1.35. The molecule has 5 rings (SSSR count). The molecule has 3 aliphatic rings. The number of aliphatic hydroxyl groups is 3. The Morgan fingerprint density at radius 2 is 1.76 bits per heavy atom. The van der Waals surface area contributed by atoms with Gasteiger partial charge in [-0.1, -0.05) is 18.2 Å². The van der Waals surface area contributed by atoms with Gasteiger partial charge in [0.2, 0.25) is 5.91 Å². The zero-order valence-electron chi connectivity index (χ0n) is 20.2. The molecular weight excluding hydrogens is 483 g/mol. The van der Waals surface area contributed by atoms with Crippen molar-refractivity contribution in [2.45, 2.75) is 30.6 Å². The monoisotopic (exact) mass is 510 g/mol. The van der Waals surface area contributed by atoms with E-state index in [1.54, 1.807) is 37.2 Å². The van der Waals surface area contributed by atoms with Crippen LogP contribution in [0.25, 0.3) is 11.1 Å². The van der Waals surface area contributed by atoms with E-state index in [4.69, 9.17) is 5.73 Å². The van der Waals surface area contributed by atoms with Crippen molar-refractivity contribution in [1.29, 1.82) is 0 Å². The molecule has 0 bridgehead atoms. The molecule has 10 heteroatoms. The minimum atomic E-state index is -2.63. The molecule has 1 amide bonds. The van der Waals surface area contributed by atoms with E-state index < -0.39 is 64.6 Å². The van der Waals surface area contributed by atoms with Crippen LogP contribution in [0.3, 0.4) is 0 Å². The van der Waals surface area contributed by atoms with Gasteiger partial charge in [-0.3, -0.25) is 14.4 Å². The van der Waals surface area contributed by atoms with Crippen molar-refractivity contribution in [1.82, 2.24) is 4.90 Å². The summed E-state index contributed by atoms with van der Waals surface area (Å²) in [7, 11) is 3.20. The van der Waals surface area contributed by atoms with Crippen LogP contribution < -0.4 is 5.73 Å². The Labute approximate surface area is 211 Å². The first-order chi connectivity index (χ1) is 17.4. The Bertz CT molecular complexity index is 1370. The standard InChI is InChI=1S/C27H27FN2O7/c1-30(2)21-16-10-12-9-15-14(11-3-5-13(28)6-4-11)7-8-17(31)19(15)22(32)18(12)24(34)27(16,37)25(35)20(23(21)33)26(29)36/h3-8,12,16,20-21,23,31,33-34,37H,9-10H2,1-2H3,(H2,29,36)/t12-,16-,20?,21-,23?,27-/m0/s1. The molecule has 194 valence electrons. The molecule has 6 N–H and O–H groups in total. The Hall–Kier alpha value is -3.60. The second-order valence-electron chi connectivity index (χ2n) is 10.3. The van der Waals surface area contributed by atoms with E-state index in [2.05, 4.69) is 0 Å². The number of likely N-dealkylation sites (N-methyl/N-ethyl adjacent to an activating group) is 1. The number of halogens is 1. The molecule has 37 heavy (non-hydrogen) atoms. The van der Waals surface area contributed by atoms with E-state index in [1.165, 1.54) is 18.2 Å². The number of aliphatic hydroxyl groups excluding tert-OH is 2. The molecule has 0 saturated heterocycles. The zero-order valence-corrected chi connectivity index (χ0v) is 20.2.